The Bertz CT molecular complexity index is 798. The summed E-state index contributed by atoms with van der Waals surface area (Å²) in [7, 11) is 1.46. The molecule has 0 spiro atoms. The molecule has 0 aromatic carbocycles. The zero-order chi connectivity index (χ0) is 22.6. The Hall–Kier alpha value is -1.64. The van der Waals surface area contributed by atoms with Crippen LogP contribution >= 0.6 is 11.6 Å². The molecule has 2 rings (SSSR count). The topological polar surface area (TPSA) is 105 Å². The fourth-order valence-corrected chi connectivity index (χ4v) is 4.32. The molecule has 8 nitrogen and oxygen atoms in total. The Morgan fingerprint density at radius 2 is 2.10 bits per heavy atom. The maximum absolute atomic E-state index is 12.6. The summed E-state index contributed by atoms with van der Waals surface area (Å²) < 4.78 is 5.82. The average Bonchev–Trinajstić information content (AvgIpc) is 2.69. The zero-order valence-electron chi connectivity index (χ0n) is 18.7. The van der Waals surface area contributed by atoms with Crippen LogP contribution in [-0.4, -0.2) is 53.2 Å². The number of rotatable bonds is 8. The van der Waals surface area contributed by atoms with Crippen LogP contribution in [0, 0.1) is 23.2 Å². The summed E-state index contributed by atoms with van der Waals surface area (Å²) in [4.78, 5) is 24.6. The number of nitrogens with zero attached hydrogens (tertiary/aromatic N) is 2. The first-order valence-electron chi connectivity index (χ1n) is 10.4. The van der Waals surface area contributed by atoms with E-state index in [4.69, 9.17) is 16.3 Å². The van der Waals surface area contributed by atoms with Gasteiger partial charge in [-0.05, 0) is 29.6 Å². The molecule has 0 radical (unpaired) electrons. The number of hydrogen-bond acceptors (Lipinski definition) is 6. The normalized spacial score (nSPS) is 26.8. The molecule has 170 valence electrons. The van der Waals surface area contributed by atoms with Crippen LogP contribution in [-0.2, 0) is 16.1 Å². The predicted octanol–water partition coefficient (Wildman–Crippen LogP) is 2.14. The molecule has 1 amide bonds. The van der Waals surface area contributed by atoms with Crippen molar-refractivity contribution in [3.8, 4) is 0 Å². The van der Waals surface area contributed by atoms with Crippen molar-refractivity contribution in [1.29, 1.82) is 0 Å². The van der Waals surface area contributed by atoms with Crippen molar-refractivity contribution in [1.82, 2.24) is 15.1 Å². The van der Waals surface area contributed by atoms with E-state index < -0.39 is 17.6 Å². The van der Waals surface area contributed by atoms with Crippen LogP contribution in [0.4, 0.5) is 5.69 Å². The second-order valence-electron chi connectivity index (χ2n) is 9.11. The van der Waals surface area contributed by atoms with Gasteiger partial charge in [-0.1, -0.05) is 46.2 Å². The molecule has 0 bridgehead atoms. The van der Waals surface area contributed by atoms with E-state index in [1.165, 1.54) is 13.3 Å². The smallest absolute Gasteiger partial charge is 0.288 e. The molecule has 1 aliphatic carbocycles. The number of methoxy groups -OCH3 is 1. The van der Waals surface area contributed by atoms with E-state index in [0.29, 0.717) is 23.4 Å². The van der Waals surface area contributed by atoms with Gasteiger partial charge in [0.15, 0.2) is 0 Å². The van der Waals surface area contributed by atoms with E-state index in [9.17, 15) is 14.7 Å². The van der Waals surface area contributed by atoms with Gasteiger partial charge < -0.3 is 20.5 Å². The number of halogens is 1. The standard InChI is InChI=1S/C21H35ClN4O4/c1-12-7-16(13(2)14(3)21(12,4)5)25-17-9-24-26(20(29)19(17)22)10-18(28)23-8-15(27)11-30-6/h9,12-16,25,27H,7-8,10-11H2,1-6H3,(H,23,28)/t12-,13+,14+,15-,16+/m0/s1. The highest BCUT2D eigenvalue weighted by molar-refractivity contribution is 6.32. The molecule has 1 heterocycles. The molecule has 0 aliphatic heterocycles. The van der Waals surface area contributed by atoms with Gasteiger partial charge in [-0.15, -0.1) is 0 Å². The SMILES string of the molecule is COC[C@@H](O)CNC(=O)Cn1ncc(N[C@@H]2C[C@H](C)C(C)(C)[C@H](C)[C@H]2C)c(Cl)c1=O. The monoisotopic (exact) mass is 442 g/mol. The number of amides is 1. The molecule has 1 aromatic heterocycles. The van der Waals surface area contributed by atoms with Crippen LogP contribution < -0.4 is 16.2 Å². The lowest BCUT2D eigenvalue weighted by molar-refractivity contribution is -0.122. The molecule has 0 saturated heterocycles. The molecule has 1 saturated carbocycles. The number of anilines is 1. The highest BCUT2D eigenvalue weighted by atomic mass is 35.5. The first kappa shape index (κ1) is 24.6. The minimum absolute atomic E-state index is 0.0227. The molecule has 30 heavy (non-hydrogen) atoms. The van der Waals surface area contributed by atoms with E-state index >= 15 is 0 Å². The number of aliphatic hydroxyl groups excluding tert-OH is 1. The van der Waals surface area contributed by atoms with E-state index in [0.717, 1.165) is 11.1 Å². The third-order valence-electron chi connectivity index (χ3n) is 6.99. The molecule has 0 unspecified atom stereocenters. The largest absolute Gasteiger partial charge is 0.389 e. The average molecular weight is 443 g/mol. The Morgan fingerprint density at radius 3 is 2.73 bits per heavy atom. The molecule has 3 N–H and O–H groups in total. The second kappa shape index (κ2) is 10.1. The Kier molecular flexibility index (Phi) is 8.30. The fourth-order valence-electron chi connectivity index (χ4n) is 4.12. The fraction of sp³-hybridized carbons (Fsp3) is 0.762. The van der Waals surface area contributed by atoms with Gasteiger partial charge in [0.1, 0.15) is 11.6 Å². The minimum atomic E-state index is -0.814. The van der Waals surface area contributed by atoms with Gasteiger partial charge in [-0.3, -0.25) is 9.59 Å². The highest BCUT2D eigenvalue weighted by Gasteiger charge is 2.43. The van der Waals surface area contributed by atoms with Crippen molar-refractivity contribution in [2.45, 2.75) is 59.7 Å². The lowest BCUT2D eigenvalue weighted by Crippen LogP contribution is -2.48. The van der Waals surface area contributed by atoms with Crippen LogP contribution in [0.5, 0.6) is 0 Å². The summed E-state index contributed by atoms with van der Waals surface area (Å²) in [5.41, 5.74) is 0.205. The maximum Gasteiger partial charge on any atom is 0.288 e. The summed E-state index contributed by atoms with van der Waals surface area (Å²) in [5, 5.41) is 19.7. The van der Waals surface area contributed by atoms with Gasteiger partial charge in [0.05, 0.1) is 24.6 Å². The molecule has 9 heteroatoms. The molecular weight excluding hydrogens is 408 g/mol. The van der Waals surface area contributed by atoms with Crippen LogP contribution in [0.25, 0.3) is 0 Å². The van der Waals surface area contributed by atoms with Gasteiger partial charge in [-0.25, -0.2) is 4.68 Å². The van der Waals surface area contributed by atoms with Gasteiger partial charge >= 0.3 is 0 Å². The Balaban J connectivity index is 2.06. The van der Waals surface area contributed by atoms with Crippen molar-refractivity contribution < 1.29 is 14.6 Å². The summed E-state index contributed by atoms with van der Waals surface area (Å²) in [6, 6.07) is 0.183. The van der Waals surface area contributed by atoms with Crippen molar-refractivity contribution >= 4 is 23.2 Å². The lowest BCUT2D eigenvalue weighted by atomic mass is 9.58. The van der Waals surface area contributed by atoms with Crippen molar-refractivity contribution in [3.63, 3.8) is 0 Å². The first-order chi connectivity index (χ1) is 14.0. The number of hydrogen-bond donors (Lipinski definition) is 3. The molecule has 1 aromatic rings. The third kappa shape index (κ3) is 5.53. The van der Waals surface area contributed by atoms with Crippen LogP contribution in [0.15, 0.2) is 11.0 Å². The van der Waals surface area contributed by atoms with E-state index in [1.807, 2.05) is 0 Å². The van der Waals surface area contributed by atoms with Crippen molar-refractivity contribution in [2.75, 3.05) is 25.6 Å². The maximum atomic E-state index is 12.6. The Morgan fingerprint density at radius 1 is 1.43 bits per heavy atom. The Labute approximate surface area is 183 Å². The molecule has 5 atom stereocenters. The summed E-state index contributed by atoms with van der Waals surface area (Å²) >= 11 is 6.32. The van der Waals surface area contributed by atoms with Crippen LogP contribution in [0.1, 0.15) is 41.0 Å². The van der Waals surface area contributed by atoms with E-state index in [1.54, 1.807) is 0 Å². The summed E-state index contributed by atoms with van der Waals surface area (Å²) in [6.45, 7) is 11.2. The second-order valence-corrected chi connectivity index (χ2v) is 9.48. The predicted molar refractivity (Wildman–Crippen MR) is 118 cm³/mol. The number of ether oxygens (including phenoxy) is 1. The molecular formula is C21H35ClN4O4. The number of nitrogens with one attached hydrogen (secondary N) is 2. The zero-order valence-corrected chi connectivity index (χ0v) is 19.5. The first-order valence-corrected chi connectivity index (χ1v) is 10.8. The van der Waals surface area contributed by atoms with Crippen LogP contribution in [0.2, 0.25) is 5.02 Å². The van der Waals surface area contributed by atoms with Gasteiger partial charge in [0, 0.05) is 19.7 Å². The van der Waals surface area contributed by atoms with Crippen molar-refractivity contribution in [2.24, 2.45) is 23.2 Å². The number of carbonyl (C=O) groups is 1. The van der Waals surface area contributed by atoms with Crippen LogP contribution in [0.3, 0.4) is 0 Å². The lowest BCUT2D eigenvalue weighted by Gasteiger charge is -2.50. The highest BCUT2D eigenvalue weighted by Crippen LogP contribution is 2.48. The van der Waals surface area contributed by atoms with Crippen molar-refractivity contribution in [3.05, 3.63) is 21.6 Å². The molecule has 1 fully saturated rings. The van der Waals surface area contributed by atoms with E-state index in [2.05, 4.69) is 50.4 Å². The number of carbonyl (C=O) groups excluding carboxylic acids is 1. The number of aliphatic hydroxyl groups is 1. The molecule has 1 aliphatic rings. The minimum Gasteiger partial charge on any atom is -0.389 e. The third-order valence-corrected chi connectivity index (χ3v) is 7.35. The van der Waals surface area contributed by atoms with Gasteiger partial charge in [-0.2, -0.15) is 5.10 Å². The number of aromatic nitrogens is 2. The quantitative estimate of drug-likeness (QED) is 0.569. The summed E-state index contributed by atoms with van der Waals surface area (Å²) in [6.07, 6.45) is 1.66. The van der Waals surface area contributed by atoms with E-state index in [-0.39, 0.29) is 36.2 Å². The van der Waals surface area contributed by atoms with Gasteiger partial charge in [0.25, 0.3) is 5.56 Å². The van der Waals surface area contributed by atoms with Gasteiger partial charge in [0.2, 0.25) is 5.91 Å². The summed E-state index contributed by atoms with van der Waals surface area (Å²) in [5.74, 6) is 0.981.